The molecule has 0 aliphatic carbocycles. The summed E-state index contributed by atoms with van der Waals surface area (Å²) in [5.74, 6) is -1.85. The van der Waals surface area contributed by atoms with E-state index in [9.17, 15) is 13.6 Å². The van der Waals surface area contributed by atoms with Crippen molar-refractivity contribution in [3.05, 3.63) is 65.7 Å². The largest absolute Gasteiger partial charge is 0.379 e. The molecule has 0 aliphatic rings. The van der Waals surface area contributed by atoms with Crippen molar-refractivity contribution in [1.82, 2.24) is 0 Å². The van der Waals surface area contributed by atoms with Gasteiger partial charge in [-0.15, -0.1) is 0 Å². The van der Waals surface area contributed by atoms with Crippen molar-refractivity contribution in [2.45, 2.75) is 19.8 Å². The number of hydrogen-bond donors (Lipinski definition) is 0. The first kappa shape index (κ1) is 21.0. The number of nitrogens with zero attached hydrogens (tertiary/aromatic N) is 1. The Kier molecular flexibility index (Phi) is 8.87. The van der Waals surface area contributed by atoms with Crippen molar-refractivity contribution in [1.29, 1.82) is 0 Å². The fourth-order valence-corrected chi connectivity index (χ4v) is 2.49. The fourth-order valence-electron chi connectivity index (χ4n) is 2.49. The Balaban J connectivity index is 1.99. The number of carbonyl (C=O) groups is 1. The second-order valence-electron chi connectivity index (χ2n) is 6.00. The summed E-state index contributed by atoms with van der Waals surface area (Å²) in [5, 5.41) is 0. The molecule has 0 unspecified atom stereocenters. The molecule has 0 bridgehead atoms. The fraction of sp³-hybridized carbons (Fsp3) is 0.381. The number of ether oxygens (including phenoxy) is 2. The van der Waals surface area contributed by atoms with Crippen LogP contribution in [0.25, 0.3) is 0 Å². The number of anilines is 1. The van der Waals surface area contributed by atoms with Crippen molar-refractivity contribution in [2.75, 3.05) is 37.9 Å². The van der Waals surface area contributed by atoms with Crippen LogP contribution in [0.2, 0.25) is 0 Å². The van der Waals surface area contributed by atoms with Gasteiger partial charge in [-0.1, -0.05) is 31.5 Å². The molecule has 2 aromatic carbocycles. The third kappa shape index (κ3) is 6.73. The molecule has 1 amide bonds. The van der Waals surface area contributed by atoms with Crippen LogP contribution in [0.4, 0.5) is 14.5 Å². The second kappa shape index (κ2) is 11.4. The van der Waals surface area contributed by atoms with Gasteiger partial charge in [0, 0.05) is 24.8 Å². The Hall–Kier alpha value is -2.31. The van der Waals surface area contributed by atoms with Crippen LogP contribution in [0.5, 0.6) is 0 Å². The van der Waals surface area contributed by atoms with E-state index in [-0.39, 0.29) is 24.7 Å². The average Bonchev–Trinajstić information content (AvgIpc) is 2.68. The lowest BCUT2D eigenvalue weighted by Crippen LogP contribution is -2.35. The number of hydrogen-bond acceptors (Lipinski definition) is 3. The van der Waals surface area contributed by atoms with Crippen LogP contribution in [0.1, 0.15) is 30.1 Å². The van der Waals surface area contributed by atoms with Crippen molar-refractivity contribution >= 4 is 11.6 Å². The third-order valence-electron chi connectivity index (χ3n) is 3.94. The zero-order valence-corrected chi connectivity index (χ0v) is 15.5. The van der Waals surface area contributed by atoms with E-state index < -0.39 is 11.6 Å². The van der Waals surface area contributed by atoms with Crippen molar-refractivity contribution in [3.8, 4) is 0 Å². The Morgan fingerprint density at radius 3 is 2.33 bits per heavy atom. The second-order valence-corrected chi connectivity index (χ2v) is 6.00. The van der Waals surface area contributed by atoms with Crippen LogP contribution in [-0.4, -0.2) is 38.9 Å². The molecule has 0 saturated heterocycles. The van der Waals surface area contributed by atoms with E-state index >= 15 is 0 Å². The maximum absolute atomic E-state index is 14.2. The lowest BCUT2D eigenvalue weighted by Gasteiger charge is -2.23. The number of halogens is 2. The van der Waals surface area contributed by atoms with Gasteiger partial charge in [0.05, 0.1) is 25.5 Å². The summed E-state index contributed by atoms with van der Waals surface area (Å²) in [7, 11) is 0. The molecule has 0 heterocycles. The zero-order valence-electron chi connectivity index (χ0n) is 15.5. The van der Waals surface area contributed by atoms with Crippen molar-refractivity contribution in [2.24, 2.45) is 0 Å². The molecule has 0 atom stereocenters. The molecule has 27 heavy (non-hydrogen) atoms. The minimum Gasteiger partial charge on any atom is -0.379 e. The Labute approximate surface area is 158 Å². The van der Waals surface area contributed by atoms with E-state index in [0.29, 0.717) is 25.4 Å². The number of benzene rings is 2. The van der Waals surface area contributed by atoms with Crippen LogP contribution in [0, 0.1) is 11.6 Å². The van der Waals surface area contributed by atoms with Gasteiger partial charge in [0.1, 0.15) is 11.6 Å². The maximum atomic E-state index is 14.2. The van der Waals surface area contributed by atoms with E-state index in [4.69, 9.17) is 9.47 Å². The summed E-state index contributed by atoms with van der Waals surface area (Å²) in [5.41, 5.74) is 0.442. The van der Waals surface area contributed by atoms with Gasteiger partial charge in [-0.05, 0) is 30.7 Å². The van der Waals surface area contributed by atoms with E-state index in [1.807, 2.05) is 0 Å². The monoisotopic (exact) mass is 377 g/mol. The number of rotatable bonds is 11. The van der Waals surface area contributed by atoms with Crippen molar-refractivity contribution in [3.63, 3.8) is 0 Å². The van der Waals surface area contributed by atoms with Crippen LogP contribution in [-0.2, 0) is 9.47 Å². The molecule has 0 aromatic heterocycles. The molecule has 0 aliphatic heterocycles. The number of unbranched alkanes of at least 4 members (excludes halogenated alkanes) is 1. The van der Waals surface area contributed by atoms with Crippen LogP contribution >= 0.6 is 0 Å². The van der Waals surface area contributed by atoms with Gasteiger partial charge in [-0.25, -0.2) is 8.78 Å². The highest BCUT2D eigenvalue weighted by Gasteiger charge is 2.20. The van der Waals surface area contributed by atoms with Gasteiger partial charge in [0.25, 0.3) is 5.91 Å². The molecule has 6 heteroatoms. The summed E-state index contributed by atoms with van der Waals surface area (Å²) < 4.78 is 38.4. The minimum atomic E-state index is -0.790. The summed E-state index contributed by atoms with van der Waals surface area (Å²) >= 11 is 0. The summed E-state index contributed by atoms with van der Waals surface area (Å²) in [4.78, 5) is 14.1. The normalized spacial score (nSPS) is 10.8. The standard InChI is InChI=1S/C21H25F2NO3/c1-2-3-12-26-14-15-27-13-11-24(20-10-9-18(22)16-19(20)23)21(25)17-7-5-4-6-8-17/h4-10,16H,2-3,11-15H2,1H3. The predicted molar refractivity (Wildman–Crippen MR) is 101 cm³/mol. The number of amides is 1. The molecular weight excluding hydrogens is 352 g/mol. The molecule has 146 valence electrons. The SMILES string of the molecule is CCCCOCCOCCN(C(=O)c1ccccc1)c1ccc(F)cc1F. The summed E-state index contributed by atoms with van der Waals surface area (Å²) in [6.45, 7) is 4.00. The first-order valence-corrected chi connectivity index (χ1v) is 9.11. The maximum Gasteiger partial charge on any atom is 0.258 e. The molecule has 0 radical (unpaired) electrons. The highest BCUT2D eigenvalue weighted by Crippen LogP contribution is 2.22. The van der Waals surface area contributed by atoms with Crippen molar-refractivity contribution < 1.29 is 23.0 Å². The summed E-state index contributed by atoms with van der Waals surface area (Å²) in [6.07, 6.45) is 2.07. The topological polar surface area (TPSA) is 38.8 Å². The van der Waals surface area contributed by atoms with Gasteiger partial charge < -0.3 is 14.4 Å². The molecule has 0 spiro atoms. The molecular formula is C21H25F2NO3. The highest BCUT2D eigenvalue weighted by molar-refractivity contribution is 6.06. The molecule has 4 nitrogen and oxygen atoms in total. The van der Waals surface area contributed by atoms with E-state index in [1.165, 1.54) is 11.0 Å². The first-order chi connectivity index (χ1) is 13.1. The van der Waals surface area contributed by atoms with Gasteiger partial charge in [-0.2, -0.15) is 0 Å². The lowest BCUT2D eigenvalue weighted by molar-refractivity contribution is 0.0488. The van der Waals surface area contributed by atoms with Crippen LogP contribution in [0.3, 0.4) is 0 Å². The van der Waals surface area contributed by atoms with Crippen LogP contribution in [0.15, 0.2) is 48.5 Å². The average molecular weight is 377 g/mol. The van der Waals surface area contributed by atoms with Gasteiger partial charge in [0.15, 0.2) is 0 Å². The lowest BCUT2D eigenvalue weighted by atomic mass is 10.1. The first-order valence-electron chi connectivity index (χ1n) is 9.11. The highest BCUT2D eigenvalue weighted by atomic mass is 19.1. The predicted octanol–water partition coefficient (Wildman–Crippen LogP) is 4.44. The van der Waals surface area contributed by atoms with Gasteiger partial charge in [0.2, 0.25) is 0 Å². The quantitative estimate of drug-likeness (QED) is 0.543. The van der Waals surface area contributed by atoms with Crippen LogP contribution < -0.4 is 4.90 Å². The molecule has 2 aromatic rings. The molecule has 0 saturated carbocycles. The van der Waals surface area contributed by atoms with Gasteiger partial charge in [-0.3, -0.25) is 4.79 Å². The Bertz CT molecular complexity index is 710. The minimum absolute atomic E-state index is 0.0213. The summed E-state index contributed by atoms with van der Waals surface area (Å²) in [6, 6.07) is 11.7. The smallest absolute Gasteiger partial charge is 0.258 e. The molecule has 0 fully saturated rings. The van der Waals surface area contributed by atoms with Gasteiger partial charge >= 0.3 is 0 Å². The Morgan fingerprint density at radius 1 is 0.963 bits per heavy atom. The van der Waals surface area contributed by atoms with E-state index in [0.717, 1.165) is 25.0 Å². The zero-order chi connectivity index (χ0) is 19.5. The van der Waals surface area contributed by atoms with E-state index in [1.54, 1.807) is 30.3 Å². The Morgan fingerprint density at radius 2 is 1.67 bits per heavy atom. The molecule has 2 rings (SSSR count). The molecule has 0 N–H and O–H groups in total. The van der Waals surface area contributed by atoms with E-state index in [2.05, 4.69) is 6.92 Å². The third-order valence-corrected chi connectivity index (χ3v) is 3.94. The number of carbonyl (C=O) groups excluding carboxylic acids is 1.